The molecule has 3 fully saturated rings. The molecule has 1 aromatic carbocycles. The van der Waals surface area contributed by atoms with E-state index in [1.165, 1.54) is 28.1 Å². The predicted molar refractivity (Wildman–Crippen MR) is 243 cm³/mol. The van der Waals surface area contributed by atoms with Gasteiger partial charge in [0.15, 0.2) is 48.9 Å². The first-order chi connectivity index (χ1) is 32.1. The van der Waals surface area contributed by atoms with E-state index in [0.29, 0.717) is 5.56 Å². The Morgan fingerprint density at radius 3 is 2.22 bits per heavy atom. The van der Waals surface area contributed by atoms with Gasteiger partial charge < -0.3 is 33.5 Å². The number of aromatic amines is 1. The number of fused-ring (bicyclic) bond motifs is 6. The molecular weight excluding hydrogens is 963 g/mol. The van der Waals surface area contributed by atoms with E-state index in [0.717, 1.165) is 6.33 Å². The van der Waals surface area contributed by atoms with Crippen molar-refractivity contribution in [3.8, 4) is 6.07 Å². The lowest BCUT2D eigenvalue weighted by Crippen LogP contribution is -2.50. The minimum atomic E-state index is -5.15. The zero-order valence-electron chi connectivity index (χ0n) is 38.4. The molecule has 2 radical (unpaired) electrons. The minimum Gasteiger partial charge on any atom is -0.408 e. The lowest BCUT2D eigenvalue weighted by atomic mass is 10.1. The molecule has 5 aromatic rings. The minimum absolute atomic E-state index is 0.0525. The van der Waals surface area contributed by atoms with Crippen molar-refractivity contribution < 1.29 is 59.8 Å². The maximum atomic E-state index is 15.3. The van der Waals surface area contributed by atoms with E-state index in [9.17, 15) is 24.3 Å². The van der Waals surface area contributed by atoms with Crippen molar-refractivity contribution in [1.29, 1.82) is 5.26 Å². The molecule has 8 rings (SSSR count). The summed E-state index contributed by atoms with van der Waals surface area (Å²) in [5, 5.41) is 11.4. The molecule has 28 heteroatoms. The number of carbonyl (C=O) groups is 1. The molecule has 1 amide bonds. The van der Waals surface area contributed by atoms with Gasteiger partial charge in [-0.2, -0.15) is 5.26 Å². The van der Waals surface area contributed by atoms with Crippen LogP contribution in [0.1, 0.15) is 70.8 Å². The highest BCUT2D eigenvalue weighted by Gasteiger charge is 2.57. The molecule has 0 aliphatic carbocycles. The third kappa shape index (κ3) is 10.7. The second-order valence-corrected chi connectivity index (χ2v) is 28.4. The molecule has 4 bridgehead atoms. The maximum Gasteiger partial charge on any atom is 0.475 e. The Kier molecular flexibility index (Phi) is 14.3. The molecule has 0 spiro atoms. The first kappa shape index (κ1) is 50.0. The van der Waals surface area contributed by atoms with Crippen LogP contribution in [0.4, 0.5) is 5.82 Å². The number of amides is 1. The van der Waals surface area contributed by atoms with Crippen LogP contribution < -0.4 is 10.9 Å². The van der Waals surface area contributed by atoms with Gasteiger partial charge in [-0.15, -0.1) is 0 Å². The number of hydrogen-bond acceptors (Lipinski definition) is 19. The van der Waals surface area contributed by atoms with Gasteiger partial charge in [-0.1, -0.05) is 59.7 Å². The number of benzene rings is 1. The van der Waals surface area contributed by atoms with E-state index >= 15 is 4.57 Å². The van der Waals surface area contributed by atoms with Crippen LogP contribution in [-0.2, 0) is 50.1 Å². The van der Waals surface area contributed by atoms with Gasteiger partial charge in [0.1, 0.15) is 43.0 Å². The quantitative estimate of drug-likeness (QED) is 0.0827. The highest BCUT2D eigenvalue weighted by molar-refractivity contribution is 7.48. The second kappa shape index (κ2) is 19.4. The summed E-state index contributed by atoms with van der Waals surface area (Å²) in [6.45, 7) is 14.0. The van der Waals surface area contributed by atoms with Crippen molar-refractivity contribution in [2.24, 2.45) is 0 Å². The van der Waals surface area contributed by atoms with Crippen molar-refractivity contribution in [2.75, 3.05) is 25.1 Å². The molecule has 0 saturated carbocycles. The Bertz CT molecular complexity index is 2830. The van der Waals surface area contributed by atoms with Crippen molar-refractivity contribution >= 4 is 67.8 Å². The van der Waals surface area contributed by atoms with Crippen LogP contribution >= 0.6 is 15.6 Å². The molecular formula is C40H52N10O14P2Si2. The van der Waals surface area contributed by atoms with Crippen LogP contribution in [0.25, 0.3) is 22.3 Å². The smallest absolute Gasteiger partial charge is 0.408 e. The highest BCUT2D eigenvalue weighted by Crippen LogP contribution is 2.57. The van der Waals surface area contributed by atoms with Gasteiger partial charge in [0.2, 0.25) is 9.76 Å². The molecule has 68 heavy (non-hydrogen) atoms. The van der Waals surface area contributed by atoms with Gasteiger partial charge in [0, 0.05) is 5.56 Å². The number of phosphoric acid groups is 2. The molecule has 3 aliphatic heterocycles. The topological polar surface area (TPSA) is 298 Å². The Labute approximate surface area is 393 Å². The number of nitrogens with zero attached hydrogens (tertiary/aromatic N) is 8. The lowest BCUT2D eigenvalue weighted by Gasteiger charge is -2.40. The van der Waals surface area contributed by atoms with Crippen LogP contribution in [0.2, 0.25) is 23.2 Å². The summed E-state index contributed by atoms with van der Waals surface area (Å²) in [7, 11) is -13.1. The molecule has 3 aliphatic rings. The summed E-state index contributed by atoms with van der Waals surface area (Å²) >= 11 is 0. The molecule has 3 N–H and O–H groups in total. The molecule has 7 heterocycles. The standard InChI is InChI=1S/C40H52N10O14P2Si2/c1-39(2,3)67-63-28-24-18-58-66(55,56-16-12-15-41)62-31-29(64-68(7,8)40(4,5)6)25(17-57-65(53,54)61-30(28)37(59-24)50-22-47-27-34(50)44-20-45-36(27)52)60-38(31)49-21-46-26-32(42-19-43-33(26)49)48-35(51)23-13-10-9-11-14-23/h9-11,13-14,19-22,24-25,28-31,37-38H,12,16-18H2,1-8H3,(H,53,54)(H,44,45,52)(H,42,43,48,51)/t24?,25?,28-,29-,30-,31-,37?,38?,66?/m1/s1. The zero-order chi connectivity index (χ0) is 48.8. The third-order valence-corrected chi connectivity index (χ3v) is 19.5. The Hall–Kier alpha value is -4.43. The fourth-order valence-electron chi connectivity index (χ4n) is 7.32. The monoisotopic (exact) mass is 1010 g/mol. The number of nitriles is 1. The number of nitrogens with one attached hydrogen (secondary N) is 2. The summed E-state index contributed by atoms with van der Waals surface area (Å²) in [4.78, 5) is 61.9. The van der Waals surface area contributed by atoms with Gasteiger partial charge in [-0.3, -0.25) is 41.3 Å². The van der Waals surface area contributed by atoms with Gasteiger partial charge in [-0.05, 0) is 35.3 Å². The van der Waals surface area contributed by atoms with Gasteiger partial charge in [0.05, 0.1) is 51.3 Å². The Balaban J connectivity index is 1.23. The molecule has 3 saturated heterocycles. The van der Waals surface area contributed by atoms with E-state index < -0.39 is 114 Å². The number of carbonyl (C=O) groups excluding carboxylic acids is 1. The number of phosphoric ester groups is 2. The Morgan fingerprint density at radius 1 is 0.926 bits per heavy atom. The number of imidazole rings is 2. The normalized spacial score (nSPS) is 29.5. The van der Waals surface area contributed by atoms with E-state index in [2.05, 4.69) is 35.2 Å². The van der Waals surface area contributed by atoms with Crippen LogP contribution in [0.3, 0.4) is 0 Å². The molecule has 10 atom stereocenters. The second-order valence-electron chi connectivity index (χ2n) is 18.7. The van der Waals surface area contributed by atoms with Crippen LogP contribution in [0.5, 0.6) is 0 Å². The van der Waals surface area contributed by atoms with Crippen LogP contribution in [0, 0.1) is 11.3 Å². The SMILES string of the molecule is CC(C)(C)[Si]O[C@@H]1C2COP(=O)(OCCC#N)O[C@H]3C(n4cnc5c(NC(=O)c6ccccc6)ncnc54)OC(COP(=O)(O)O[C@H]1C(n1cnc4c(=O)[nH]cnc41)O2)[C@H]3O[Si](C)(C)C(C)(C)C. The third-order valence-electron chi connectivity index (χ3n) is 11.6. The first-order valence-electron chi connectivity index (χ1n) is 21.5. The summed E-state index contributed by atoms with van der Waals surface area (Å²) in [5.74, 6) is -0.388. The molecule has 4 aromatic heterocycles. The largest absolute Gasteiger partial charge is 0.475 e. The summed E-state index contributed by atoms with van der Waals surface area (Å²) in [6.07, 6.45) is -5.76. The number of ether oxygens (including phenoxy) is 2. The Morgan fingerprint density at radius 2 is 1.56 bits per heavy atom. The van der Waals surface area contributed by atoms with Crippen molar-refractivity contribution in [2.45, 2.75) is 120 Å². The average molecular weight is 1020 g/mol. The van der Waals surface area contributed by atoms with Crippen LogP contribution in [-0.4, -0.2) is 124 Å². The van der Waals surface area contributed by atoms with Gasteiger partial charge >= 0.3 is 15.6 Å². The van der Waals surface area contributed by atoms with Gasteiger partial charge in [-0.25, -0.2) is 34.0 Å². The van der Waals surface area contributed by atoms with Gasteiger partial charge in [0.25, 0.3) is 11.5 Å². The summed E-state index contributed by atoms with van der Waals surface area (Å²) in [6, 6.07) is 10.5. The number of hydrogen-bond donors (Lipinski definition) is 3. The average Bonchev–Trinajstić information content (AvgIpc) is 4.05. The van der Waals surface area contributed by atoms with Crippen LogP contribution in [0.15, 0.2) is 60.4 Å². The molecule has 6 unspecified atom stereocenters. The highest BCUT2D eigenvalue weighted by atomic mass is 31.2. The fourth-order valence-corrected chi connectivity index (χ4v) is 11.7. The predicted octanol–water partition coefficient (Wildman–Crippen LogP) is 5.58. The summed E-state index contributed by atoms with van der Waals surface area (Å²) in [5.41, 5.74) is 0.109. The maximum absolute atomic E-state index is 15.3. The van der Waals surface area contributed by atoms with E-state index in [-0.39, 0.29) is 44.3 Å². The van der Waals surface area contributed by atoms with Crippen molar-refractivity contribution in [1.82, 2.24) is 39.0 Å². The zero-order valence-corrected chi connectivity index (χ0v) is 42.2. The lowest BCUT2D eigenvalue weighted by molar-refractivity contribution is -0.0691. The summed E-state index contributed by atoms with van der Waals surface area (Å²) < 4.78 is 89.5. The number of aromatic nitrogens is 8. The van der Waals surface area contributed by atoms with Crippen molar-refractivity contribution in [3.63, 3.8) is 0 Å². The molecule has 24 nitrogen and oxygen atoms in total. The number of rotatable bonds is 11. The number of anilines is 1. The number of H-pyrrole nitrogens is 1. The fraction of sp³-hybridized carbons (Fsp3) is 0.550. The van der Waals surface area contributed by atoms with E-state index in [1.54, 1.807) is 30.3 Å². The van der Waals surface area contributed by atoms with Crippen molar-refractivity contribution in [3.05, 3.63) is 71.6 Å². The molecule has 364 valence electrons. The van der Waals surface area contributed by atoms with E-state index in [4.69, 9.17) is 40.9 Å². The van der Waals surface area contributed by atoms with E-state index in [1.807, 2.05) is 60.7 Å². The first-order valence-corrected chi connectivity index (χ1v) is 28.3.